The SMILES string of the molecule is CC(=O)C(NC(=O)CN1CC2(CCCN2C(C)=O)C1=O)C(C)O. The number of carbonyl (C=O) groups is 4. The topological polar surface area (TPSA) is 107 Å². The molecule has 0 saturated carbocycles. The second-order valence-corrected chi connectivity index (χ2v) is 6.36. The van der Waals surface area contributed by atoms with Crippen molar-refractivity contribution < 1.29 is 24.3 Å². The van der Waals surface area contributed by atoms with Crippen LogP contribution in [0.5, 0.6) is 0 Å². The van der Waals surface area contributed by atoms with Gasteiger partial charge in [-0.2, -0.15) is 0 Å². The van der Waals surface area contributed by atoms with Gasteiger partial charge in [-0.15, -0.1) is 0 Å². The summed E-state index contributed by atoms with van der Waals surface area (Å²) >= 11 is 0. The molecule has 0 radical (unpaired) electrons. The van der Waals surface area contributed by atoms with Crippen LogP contribution >= 0.6 is 0 Å². The van der Waals surface area contributed by atoms with Crippen LogP contribution in [0.1, 0.15) is 33.6 Å². The number of hydrogen-bond donors (Lipinski definition) is 2. The van der Waals surface area contributed by atoms with E-state index in [1.165, 1.54) is 25.7 Å². The van der Waals surface area contributed by atoms with E-state index in [-0.39, 0.29) is 24.1 Å². The van der Waals surface area contributed by atoms with E-state index in [1.807, 2.05) is 0 Å². The zero-order chi connectivity index (χ0) is 17.4. The summed E-state index contributed by atoms with van der Waals surface area (Å²) in [6, 6.07) is -0.979. The number of amides is 3. The second kappa shape index (κ2) is 6.27. The maximum absolute atomic E-state index is 12.4. The molecule has 23 heavy (non-hydrogen) atoms. The summed E-state index contributed by atoms with van der Waals surface area (Å²) in [5.41, 5.74) is -0.781. The van der Waals surface area contributed by atoms with Crippen LogP contribution in [0.15, 0.2) is 0 Å². The number of β-lactam (4-membered cyclic amide) rings is 1. The van der Waals surface area contributed by atoms with Gasteiger partial charge >= 0.3 is 0 Å². The van der Waals surface area contributed by atoms with Gasteiger partial charge in [0.2, 0.25) is 11.8 Å². The highest BCUT2D eigenvalue weighted by molar-refractivity contribution is 5.99. The summed E-state index contributed by atoms with van der Waals surface area (Å²) in [6.45, 7) is 4.86. The van der Waals surface area contributed by atoms with E-state index in [4.69, 9.17) is 0 Å². The van der Waals surface area contributed by atoms with Crippen molar-refractivity contribution in [3.05, 3.63) is 0 Å². The fraction of sp³-hybridized carbons (Fsp3) is 0.733. The molecule has 128 valence electrons. The minimum atomic E-state index is -1.00. The Morgan fingerprint density at radius 2 is 2.00 bits per heavy atom. The van der Waals surface area contributed by atoms with Crippen molar-refractivity contribution in [1.82, 2.24) is 15.1 Å². The maximum Gasteiger partial charge on any atom is 0.250 e. The van der Waals surface area contributed by atoms with Crippen LogP contribution in [0, 0.1) is 0 Å². The number of rotatable bonds is 5. The summed E-state index contributed by atoms with van der Waals surface area (Å²) in [6.07, 6.45) is 0.394. The van der Waals surface area contributed by atoms with Crippen LogP contribution in [0.4, 0.5) is 0 Å². The van der Waals surface area contributed by atoms with Crippen molar-refractivity contribution in [3.8, 4) is 0 Å². The molecule has 2 rings (SSSR count). The Morgan fingerprint density at radius 1 is 1.35 bits per heavy atom. The smallest absolute Gasteiger partial charge is 0.250 e. The first-order chi connectivity index (χ1) is 10.7. The van der Waals surface area contributed by atoms with Crippen LogP contribution in [0.3, 0.4) is 0 Å². The van der Waals surface area contributed by atoms with Gasteiger partial charge in [-0.25, -0.2) is 0 Å². The van der Waals surface area contributed by atoms with Gasteiger partial charge in [-0.05, 0) is 26.7 Å². The Kier molecular flexibility index (Phi) is 4.74. The molecule has 3 amide bonds. The van der Waals surface area contributed by atoms with Gasteiger partial charge in [0.1, 0.15) is 11.6 Å². The van der Waals surface area contributed by atoms with Crippen molar-refractivity contribution in [2.24, 2.45) is 0 Å². The van der Waals surface area contributed by atoms with Gasteiger partial charge in [-0.3, -0.25) is 19.2 Å². The van der Waals surface area contributed by atoms with Crippen LogP contribution in [0.25, 0.3) is 0 Å². The molecule has 0 aromatic carbocycles. The van der Waals surface area contributed by atoms with Crippen LogP contribution in [-0.4, -0.2) is 75.7 Å². The molecule has 3 unspecified atom stereocenters. The van der Waals surface area contributed by atoms with E-state index in [2.05, 4.69) is 5.32 Å². The monoisotopic (exact) mass is 325 g/mol. The summed E-state index contributed by atoms with van der Waals surface area (Å²) in [5, 5.41) is 11.9. The molecular weight excluding hydrogens is 302 g/mol. The molecule has 8 nitrogen and oxygen atoms in total. The lowest BCUT2D eigenvalue weighted by molar-refractivity contribution is -0.168. The lowest BCUT2D eigenvalue weighted by Gasteiger charge is -2.50. The normalized spacial score (nSPS) is 26.0. The second-order valence-electron chi connectivity index (χ2n) is 6.36. The summed E-state index contributed by atoms with van der Waals surface area (Å²) in [5.74, 6) is -1.21. The van der Waals surface area contributed by atoms with Crippen LogP contribution < -0.4 is 5.32 Å². The molecular formula is C15H23N3O5. The molecule has 2 N–H and O–H groups in total. The predicted molar refractivity (Wildman–Crippen MR) is 80.2 cm³/mol. The van der Waals surface area contributed by atoms with Gasteiger partial charge in [-0.1, -0.05) is 0 Å². The minimum Gasteiger partial charge on any atom is -0.391 e. The average molecular weight is 325 g/mol. The van der Waals surface area contributed by atoms with Gasteiger partial charge in [0, 0.05) is 13.5 Å². The van der Waals surface area contributed by atoms with Crippen LogP contribution in [0.2, 0.25) is 0 Å². The van der Waals surface area contributed by atoms with E-state index >= 15 is 0 Å². The van der Waals surface area contributed by atoms with E-state index in [1.54, 1.807) is 4.90 Å². The van der Waals surface area contributed by atoms with E-state index < -0.39 is 23.6 Å². The van der Waals surface area contributed by atoms with Gasteiger partial charge < -0.3 is 20.2 Å². The number of aliphatic hydroxyl groups is 1. The minimum absolute atomic E-state index is 0.134. The Balaban J connectivity index is 1.94. The highest BCUT2D eigenvalue weighted by Crippen LogP contribution is 2.38. The van der Waals surface area contributed by atoms with Crippen molar-refractivity contribution in [2.75, 3.05) is 19.6 Å². The highest BCUT2D eigenvalue weighted by atomic mass is 16.3. The fourth-order valence-corrected chi connectivity index (χ4v) is 3.46. The Labute approximate surface area is 134 Å². The third-order valence-corrected chi connectivity index (χ3v) is 4.58. The summed E-state index contributed by atoms with van der Waals surface area (Å²) in [7, 11) is 0. The fourth-order valence-electron chi connectivity index (χ4n) is 3.46. The first-order valence-electron chi connectivity index (χ1n) is 7.74. The maximum atomic E-state index is 12.4. The average Bonchev–Trinajstić information content (AvgIpc) is 2.90. The third-order valence-electron chi connectivity index (χ3n) is 4.58. The molecule has 2 fully saturated rings. The lowest BCUT2D eigenvalue weighted by atomic mass is 9.85. The van der Waals surface area contributed by atoms with E-state index in [9.17, 15) is 24.3 Å². The predicted octanol–water partition coefficient (Wildman–Crippen LogP) is -1.34. The standard InChI is InChI=1S/C15H23N3O5/c1-9(19)13(10(2)20)16-12(22)7-17-8-15(14(17)23)5-4-6-18(15)11(3)21/h9,13,19H,4-8H2,1-3H3,(H,16,22). The molecule has 1 spiro atoms. The Morgan fingerprint density at radius 3 is 2.48 bits per heavy atom. The molecule has 0 aromatic rings. The Bertz CT molecular complexity index is 547. The number of carbonyl (C=O) groups excluding carboxylic acids is 4. The summed E-state index contributed by atoms with van der Waals surface area (Å²) in [4.78, 5) is 50.4. The van der Waals surface area contributed by atoms with E-state index in [0.29, 0.717) is 19.5 Å². The van der Waals surface area contributed by atoms with Crippen molar-refractivity contribution >= 4 is 23.5 Å². The molecule has 2 saturated heterocycles. The Hall–Kier alpha value is -1.96. The van der Waals surface area contributed by atoms with Gasteiger partial charge in [0.15, 0.2) is 5.78 Å². The number of hydrogen-bond acceptors (Lipinski definition) is 5. The zero-order valence-electron chi connectivity index (χ0n) is 13.7. The first kappa shape index (κ1) is 17.4. The molecule has 2 aliphatic heterocycles. The van der Waals surface area contributed by atoms with Crippen molar-refractivity contribution in [3.63, 3.8) is 0 Å². The number of nitrogens with zero attached hydrogens (tertiary/aromatic N) is 2. The van der Waals surface area contributed by atoms with Gasteiger partial charge in [0.05, 0.1) is 19.2 Å². The lowest BCUT2D eigenvalue weighted by Crippen LogP contribution is -2.73. The quantitative estimate of drug-likeness (QED) is 0.609. The van der Waals surface area contributed by atoms with Crippen molar-refractivity contribution in [2.45, 2.75) is 51.3 Å². The highest BCUT2D eigenvalue weighted by Gasteiger charge is 2.59. The molecule has 3 atom stereocenters. The number of aliphatic hydroxyl groups excluding tert-OH is 1. The number of ketones is 1. The number of nitrogens with one attached hydrogen (secondary N) is 1. The van der Waals surface area contributed by atoms with E-state index in [0.717, 1.165) is 6.42 Å². The molecule has 0 aromatic heterocycles. The summed E-state index contributed by atoms with van der Waals surface area (Å²) < 4.78 is 0. The van der Waals surface area contributed by atoms with Gasteiger partial charge in [0.25, 0.3) is 5.91 Å². The third kappa shape index (κ3) is 3.08. The number of likely N-dealkylation sites (tertiary alicyclic amines) is 2. The largest absolute Gasteiger partial charge is 0.391 e. The molecule has 0 aliphatic carbocycles. The van der Waals surface area contributed by atoms with Crippen molar-refractivity contribution in [1.29, 1.82) is 0 Å². The number of Topliss-reactive ketones (excluding diaryl/α,β-unsaturated/α-hetero) is 1. The molecule has 2 heterocycles. The first-order valence-corrected chi connectivity index (χ1v) is 7.74. The van der Waals surface area contributed by atoms with Crippen LogP contribution in [-0.2, 0) is 19.2 Å². The molecule has 8 heteroatoms. The molecule has 2 aliphatic rings. The zero-order valence-corrected chi connectivity index (χ0v) is 13.7. The molecule has 0 bridgehead atoms.